The van der Waals surface area contributed by atoms with Crippen LogP contribution in [0.2, 0.25) is 0 Å². The van der Waals surface area contributed by atoms with Gasteiger partial charge in [0.15, 0.2) is 0 Å². The number of nitrogens with one attached hydrogen (secondary N) is 2. The van der Waals surface area contributed by atoms with E-state index in [0.29, 0.717) is 0 Å². The van der Waals surface area contributed by atoms with Gasteiger partial charge < -0.3 is 10.6 Å². The first-order chi connectivity index (χ1) is 7.59. The Labute approximate surface area is 102 Å². The minimum Gasteiger partial charge on any atom is -0.316 e. The summed E-state index contributed by atoms with van der Waals surface area (Å²) in [4.78, 5) is 0. The van der Waals surface area contributed by atoms with Crippen molar-refractivity contribution in [2.75, 3.05) is 19.6 Å². The Balaban J connectivity index is 0.000000160. The van der Waals surface area contributed by atoms with Crippen LogP contribution in [0.3, 0.4) is 0 Å². The molecule has 96 valence electrons. The van der Waals surface area contributed by atoms with E-state index in [-0.39, 0.29) is 0 Å². The third-order valence-corrected chi connectivity index (χ3v) is 4.10. The molecule has 2 saturated heterocycles. The molecule has 2 aliphatic rings. The molecule has 0 radical (unpaired) electrons. The average Bonchev–Trinajstić information content (AvgIpc) is 2.23. The second-order valence-electron chi connectivity index (χ2n) is 5.93. The fourth-order valence-electron chi connectivity index (χ4n) is 2.53. The number of hydrogen-bond donors (Lipinski definition) is 2. The minimum absolute atomic E-state index is 0.763. The molecular weight excluding hydrogens is 196 g/mol. The zero-order chi connectivity index (χ0) is 12.0. The van der Waals surface area contributed by atoms with E-state index in [2.05, 4.69) is 38.3 Å². The molecule has 2 heteroatoms. The Morgan fingerprint density at radius 3 is 2.00 bits per heavy atom. The summed E-state index contributed by atoms with van der Waals surface area (Å²) in [7, 11) is 0. The molecule has 2 nitrogen and oxygen atoms in total. The molecule has 0 amide bonds. The maximum Gasteiger partial charge on any atom is 0.00412 e. The smallest absolute Gasteiger partial charge is 0.00412 e. The van der Waals surface area contributed by atoms with Crippen molar-refractivity contribution in [1.82, 2.24) is 10.6 Å². The summed E-state index contributed by atoms with van der Waals surface area (Å²) in [6, 6.07) is 0.763. The fraction of sp³-hybridized carbons (Fsp3) is 1.00. The normalized spacial score (nSPS) is 39.8. The molecule has 2 aliphatic heterocycles. The zero-order valence-electron chi connectivity index (χ0n) is 11.6. The van der Waals surface area contributed by atoms with Crippen molar-refractivity contribution in [3.8, 4) is 0 Å². The van der Waals surface area contributed by atoms with Gasteiger partial charge in [0.25, 0.3) is 0 Å². The highest BCUT2D eigenvalue weighted by Crippen LogP contribution is 2.16. The molecule has 2 rings (SSSR count). The van der Waals surface area contributed by atoms with Crippen LogP contribution >= 0.6 is 0 Å². The number of rotatable bonds is 0. The quantitative estimate of drug-likeness (QED) is 0.663. The fourth-order valence-corrected chi connectivity index (χ4v) is 2.53. The Morgan fingerprint density at radius 1 is 0.875 bits per heavy atom. The Bertz CT molecular complexity index is 164. The van der Waals surface area contributed by atoms with Crippen molar-refractivity contribution in [2.45, 2.75) is 53.0 Å². The Kier molecular flexibility index (Phi) is 6.37. The van der Waals surface area contributed by atoms with Crippen LogP contribution in [0.15, 0.2) is 0 Å². The predicted octanol–water partition coefficient (Wildman–Crippen LogP) is 2.65. The first-order valence-electron chi connectivity index (χ1n) is 7.03. The van der Waals surface area contributed by atoms with Crippen LogP contribution in [-0.2, 0) is 0 Å². The molecule has 0 aromatic heterocycles. The lowest BCUT2D eigenvalue weighted by Crippen LogP contribution is -2.34. The van der Waals surface area contributed by atoms with Crippen molar-refractivity contribution in [2.24, 2.45) is 17.8 Å². The van der Waals surface area contributed by atoms with Gasteiger partial charge in [-0.2, -0.15) is 0 Å². The lowest BCUT2D eigenvalue weighted by atomic mass is 9.90. The van der Waals surface area contributed by atoms with E-state index in [9.17, 15) is 0 Å². The molecule has 2 N–H and O–H groups in total. The molecule has 0 aromatic rings. The molecule has 2 fully saturated rings. The van der Waals surface area contributed by atoms with Gasteiger partial charge in [-0.1, -0.05) is 20.8 Å². The van der Waals surface area contributed by atoms with E-state index in [1.54, 1.807) is 0 Å². The van der Waals surface area contributed by atoms with Gasteiger partial charge in [-0.3, -0.25) is 0 Å². The first kappa shape index (κ1) is 14.0. The largest absolute Gasteiger partial charge is 0.316 e. The molecule has 4 unspecified atom stereocenters. The van der Waals surface area contributed by atoms with Crippen LogP contribution in [0.5, 0.6) is 0 Å². The van der Waals surface area contributed by atoms with Crippen molar-refractivity contribution >= 4 is 0 Å². The summed E-state index contributed by atoms with van der Waals surface area (Å²) in [5, 5.41) is 6.78. The summed E-state index contributed by atoms with van der Waals surface area (Å²) in [5.74, 6) is 2.78. The molecule has 16 heavy (non-hydrogen) atoms. The van der Waals surface area contributed by atoms with Crippen molar-refractivity contribution in [3.05, 3.63) is 0 Å². The maximum atomic E-state index is 3.41. The van der Waals surface area contributed by atoms with Crippen LogP contribution in [0.4, 0.5) is 0 Å². The van der Waals surface area contributed by atoms with Crippen LogP contribution in [0.1, 0.15) is 47.0 Å². The van der Waals surface area contributed by atoms with E-state index in [0.717, 1.165) is 23.8 Å². The maximum absolute atomic E-state index is 3.41. The van der Waals surface area contributed by atoms with Gasteiger partial charge >= 0.3 is 0 Å². The summed E-state index contributed by atoms with van der Waals surface area (Å²) in [5.41, 5.74) is 0. The standard InChI is InChI=1S/2C7H15N/c1-6-3-4-8-5-7(6)2;1-6-3-4-8-7(2)5-6/h2*6-8H,3-5H2,1-2H3. The van der Waals surface area contributed by atoms with Crippen molar-refractivity contribution in [3.63, 3.8) is 0 Å². The molecule has 0 aromatic carbocycles. The summed E-state index contributed by atoms with van der Waals surface area (Å²) in [6.07, 6.45) is 4.09. The summed E-state index contributed by atoms with van der Waals surface area (Å²) < 4.78 is 0. The van der Waals surface area contributed by atoms with Crippen molar-refractivity contribution < 1.29 is 0 Å². The van der Waals surface area contributed by atoms with E-state index >= 15 is 0 Å². The molecule has 0 bridgehead atoms. The highest BCUT2D eigenvalue weighted by molar-refractivity contribution is 4.71. The Morgan fingerprint density at radius 2 is 1.62 bits per heavy atom. The first-order valence-corrected chi connectivity index (χ1v) is 7.03. The second kappa shape index (κ2) is 7.29. The molecule has 4 atom stereocenters. The lowest BCUT2D eigenvalue weighted by Gasteiger charge is -2.25. The predicted molar refractivity (Wildman–Crippen MR) is 71.7 cm³/mol. The third-order valence-electron chi connectivity index (χ3n) is 4.10. The lowest BCUT2D eigenvalue weighted by molar-refractivity contribution is 0.295. The van der Waals surface area contributed by atoms with Gasteiger partial charge in [-0.15, -0.1) is 0 Å². The molecule has 0 saturated carbocycles. The highest BCUT2D eigenvalue weighted by Gasteiger charge is 2.15. The number of hydrogen-bond acceptors (Lipinski definition) is 2. The van der Waals surface area contributed by atoms with Gasteiger partial charge in [-0.05, 0) is 63.6 Å². The third kappa shape index (κ3) is 5.31. The summed E-state index contributed by atoms with van der Waals surface area (Å²) >= 11 is 0. The minimum atomic E-state index is 0.763. The molecule has 0 aliphatic carbocycles. The van der Waals surface area contributed by atoms with Crippen LogP contribution in [0.25, 0.3) is 0 Å². The van der Waals surface area contributed by atoms with Gasteiger partial charge in [0.2, 0.25) is 0 Å². The van der Waals surface area contributed by atoms with Crippen LogP contribution in [-0.4, -0.2) is 25.7 Å². The molecule has 2 heterocycles. The monoisotopic (exact) mass is 226 g/mol. The molecule has 0 spiro atoms. The highest BCUT2D eigenvalue weighted by atomic mass is 14.9. The zero-order valence-corrected chi connectivity index (χ0v) is 11.6. The second-order valence-corrected chi connectivity index (χ2v) is 5.93. The van der Waals surface area contributed by atoms with E-state index in [1.807, 2.05) is 0 Å². The Hall–Kier alpha value is -0.0800. The van der Waals surface area contributed by atoms with Gasteiger partial charge in [0.1, 0.15) is 0 Å². The van der Waals surface area contributed by atoms with E-state index < -0.39 is 0 Å². The van der Waals surface area contributed by atoms with Crippen LogP contribution in [0, 0.1) is 17.8 Å². The SMILES string of the molecule is CC1CCNC(C)C1.CC1CCNCC1C. The average molecular weight is 226 g/mol. The molecular formula is C14H30N2. The number of piperidine rings is 2. The van der Waals surface area contributed by atoms with Gasteiger partial charge in [0.05, 0.1) is 0 Å². The van der Waals surface area contributed by atoms with Crippen molar-refractivity contribution in [1.29, 1.82) is 0 Å². The topological polar surface area (TPSA) is 24.1 Å². The van der Waals surface area contributed by atoms with E-state index in [1.165, 1.54) is 38.9 Å². The van der Waals surface area contributed by atoms with Gasteiger partial charge in [0, 0.05) is 6.04 Å². The van der Waals surface area contributed by atoms with Gasteiger partial charge in [-0.25, -0.2) is 0 Å². The summed E-state index contributed by atoms with van der Waals surface area (Å²) in [6.45, 7) is 12.9. The van der Waals surface area contributed by atoms with Crippen LogP contribution < -0.4 is 10.6 Å². The van der Waals surface area contributed by atoms with E-state index in [4.69, 9.17) is 0 Å².